The molecule has 0 N–H and O–H groups in total. The van der Waals surface area contributed by atoms with Gasteiger partial charge < -0.3 is 4.57 Å². The zero-order chi connectivity index (χ0) is 15.2. The quantitative estimate of drug-likeness (QED) is 0.848. The second-order valence-corrected chi connectivity index (χ2v) is 4.85. The Morgan fingerprint density at radius 2 is 1.90 bits per heavy atom. The molecular formula is C17H21FN2O. The van der Waals surface area contributed by atoms with Crippen LogP contribution in [0.2, 0.25) is 0 Å². The average molecular weight is 288 g/mol. The van der Waals surface area contributed by atoms with Crippen molar-refractivity contribution in [2.24, 2.45) is 0 Å². The predicted molar refractivity (Wildman–Crippen MR) is 82.6 cm³/mol. The van der Waals surface area contributed by atoms with Gasteiger partial charge in [-0.3, -0.25) is 9.69 Å². The first-order valence-corrected chi connectivity index (χ1v) is 7.37. The number of aromatic nitrogens is 1. The van der Waals surface area contributed by atoms with Crippen molar-refractivity contribution < 1.29 is 4.39 Å². The number of hydrogen-bond donors (Lipinski definition) is 0. The van der Waals surface area contributed by atoms with E-state index in [2.05, 4.69) is 9.47 Å². The highest BCUT2D eigenvalue weighted by Gasteiger charge is 2.16. The van der Waals surface area contributed by atoms with Crippen molar-refractivity contribution in [2.45, 2.75) is 33.5 Å². The molecule has 0 aliphatic carbocycles. The van der Waals surface area contributed by atoms with Crippen molar-refractivity contribution in [3.63, 3.8) is 0 Å². The molecule has 2 heterocycles. The second-order valence-electron chi connectivity index (χ2n) is 4.85. The van der Waals surface area contributed by atoms with E-state index in [1.807, 2.05) is 32.2 Å². The molecule has 0 unspecified atom stereocenters. The highest BCUT2D eigenvalue weighted by atomic mass is 19.1. The van der Waals surface area contributed by atoms with E-state index in [9.17, 15) is 9.18 Å². The van der Waals surface area contributed by atoms with Crippen LogP contribution in [0.5, 0.6) is 0 Å². The Morgan fingerprint density at radius 1 is 1.14 bits per heavy atom. The molecule has 0 saturated carbocycles. The monoisotopic (exact) mass is 288 g/mol. The number of pyridine rings is 1. The lowest BCUT2D eigenvalue weighted by Gasteiger charge is -2.30. The first kappa shape index (κ1) is 15.4. The minimum atomic E-state index is -0.168. The van der Waals surface area contributed by atoms with Crippen LogP contribution in [0.4, 0.5) is 4.39 Å². The van der Waals surface area contributed by atoms with Gasteiger partial charge in [0.15, 0.2) is 5.43 Å². The molecule has 0 radical (unpaired) electrons. The van der Waals surface area contributed by atoms with Crippen LogP contribution in [-0.4, -0.2) is 16.0 Å². The molecule has 21 heavy (non-hydrogen) atoms. The van der Waals surface area contributed by atoms with Gasteiger partial charge in [-0.2, -0.15) is 0 Å². The summed E-state index contributed by atoms with van der Waals surface area (Å²) in [4.78, 5) is 13.5. The smallest absolute Gasteiger partial charge is 0.181 e. The molecule has 1 aliphatic heterocycles. The number of benzene rings is 1. The van der Waals surface area contributed by atoms with Gasteiger partial charge in [0, 0.05) is 55.8 Å². The Hall–Kier alpha value is -1.94. The molecule has 3 nitrogen and oxygen atoms in total. The Morgan fingerprint density at radius 3 is 2.67 bits per heavy atom. The third-order valence-corrected chi connectivity index (χ3v) is 3.49. The van der Waals surface area contributed by atoms with Crippen molar-refractivity contribution in [1.29, 1.82) is 0 Å². The Balaban J connectivity index is 0.000000774. The molecule has 3 rings (SSSR count). The number of fused-ring (bicyclic) bond motifs is 1. The SMILES string of the molecule is CC.O=c1ccn2c(c1)CN(Cc1ccccc1F)CC2. The fourth-order valence-electron chi connectivity index (χ4n) is 2.47. The minimum absolute atomic E-state index is 0.0268. The maximum absolute atomic E-state index is 13.6. The van der Waals surface area contributed by atoms with Crippen molar-refractivity contribution in [2.75, 3.05) is 6.54 Å². The molecular weight excluding hydrogens is 267 g/mol. The normalized spacial score (nSPS) is 14.0. The van der Waals surface area contributed by atoms with Crippen LogP contribution in [0.1, 0.15) is 25.1 Å². The summed E-state index contributed by atoms with van der Waals surface area (Å²) in [5.41, 5.74) is 1.73. The first-order chi connectivity index (χ1) is 10.2. The summed E-state index contributed by atoms with van der Waals surface area (Å²) in [5, 5.41) is 0. The van der Waals surface area contributed by atoms with Crippen LogP contribution < -0.4 is 5.43 Å². The summed E-state index contributed by atoms with van der Waals surface area (Å²) >= 11 is 0. The molecule has 0 bridgehead atoms. The van der Waals surface area contributed by atoms with E-state index < -0.39 is 0 Å². The molecule has 112 valence electrons. The summed E-state index contributed by atoms with van der Waals surface area (Å²) in [6.07, 6.45) is 1.83. The minimum Gasteiger partial charge on any atom is -0.349 e. The standard InChI is InChI=1S/C15H15FN2O.C2H6/c16-15-4-2-1-3-12(15)10-17-7-8-18-6-5-14(19)9-13(18)11-17;1-2/h1-6,9H,7-8,10-11H2;1-2H3. The van der Waals surface area contributed by atoms with Crippen molar-refractivity contribution >= 4 is 0 Å². The largest absolute Gasteiger partial charge is 0.349 e. The topological polar surface area (TPSA) is 25.2 Å². The Kier molecular flexibility index (Phi) is 5.28. The second kappa shape index (κ2) is 7.18. The number of nitrogens with zero attached hydrogens (tertiary/aromatic N) is 2. The van der Waals surface area contributed by atoms with E-state index in [-0.39, 0.29) is 11.2 Å². The van der Waals surface area contributed by atoms with Crippen molar-refractivity contribution in [1.82, 2.24) is 9.47 Å². The van der Waals surface area contributed by atoms with Gasteiger partial charge in [-0.25, -0.2) is 4.39 Å². The van der Waals surface area contributed by atoms with E-state index in [4.69, 9.17) is 0 Å². The van der Waals surface area contributed by atoms with Crippen LogP contribution in [0.3, 0.4) is 0 Å². The van der Waals surface area contributed by atoms with Gasteiger partial charge in [0.1, 0.15) is 5.82 Å². The summed E-state index contributed by atoms with van der Waals surface area (Å²) in [7, 11) is 0. The van der Waals surface area contributed by atoms with Crippen molar-refractivity contribution in [3.05, 3.63) is 69.9 Å². The molecule has 0 spiro atoms. The maximum atomic E-state index is 13.6. The van der Waals surface area contributed by atoms with E-state index in [0.29, 0.717) is 18.7 Å². The zero-order valence-electron chi connectivity index (χ0n) is 12.6. The number of hydrogen-bond acceptors (Lipinski definition) is 2. The fraction of sp³-hybridized carbons (Fsp3) is 0.353. The third kappa shape index (κ3) is 3.79. The van der Waals surface area contributed by atoms with E-state index in [0.717, 1.165) is 18.8 Å². The van der Waals surface area contributed by atoms with E-state index in [1.165, 1.54) is 6.07 Å². The molecule has 0 saturated heterocycles. The Bertz CT molecular complexity index is 651. The molecule has 0 amide bonds. The third-order valence-electron chi connectivity index (χ3n) is 3.49. The van der Waals surface area contributed by atoms with Crippen LogP contribution in [0.15, 0.2) is 47.4 Å². The lowest BCUT2D eigenvalue weighted by molar-refractivity contribution is 0.208. The summed E-state index contributed by atoms with van der Waals surface area (Å²) < 4.78 is 15.7. The van der Waals surface area contributed by atoms with Crippen LogP contribution in [0, 0.1) is 5.82 Å². The van der Waals surface area contributed by atoms with Gasteiger partial charge in [0.05, 0.1) is 0 Å². The van der Waals surface area contributed by atoms with Crippen LogP contribution >= 0.6 is 0 Å². The lowest BCUT2D eigenvalue weighted by atomic mass is 10.1. The average Bonchev–Trinajstić information content (AvgIpc) is 2.51. The lowest BCUT2D eigenvalue weighted by Crippen LogP contribution is -2.34. The van der Waals surface area contributed by atoms with Crippen molar-refractivity contribution in [3.8, 4) is 0 Å². The molecule has 1 aromatic heterocycles. The van der Waals surface area contributed by atoms with Gasteiger partial charge >= 0.3 is 0 Å². The van der Waals surface area contributed by atoms with Crippen LogP contribution in [-0.2, 0) is 19.6 Å². The highest BCUT2D eigenvalue weighted by Crippen LogP contribution is 2.15. The van der Waals surface area contributed by atoms with Gasteiger partial charge in [-0.05, 0) is 6.07 Å². The summed E-state index contributed by atoms with van der Waals surface area (Å²) in [6, 6.07) is 10.1. The highest BCUT2D eigenvalue weighted by molar-refractivity contribution is 5.18. The summed E-state index contributed by atoms with van der Waals surface area (Å²) in [6.45, 7) is 6.97. The molecule has 1 aromatic carbocycles. The molecule has 0 atom stereocenters. The first-order valence-electron chi connectivity index (χ1n) is 7.37. The fourth-order valence-corrected chi connectivity index (χ4v) is 2.47. The van der Waals surface area contributed by atoms with Gasteiger partial charge in [-0.1, -0.05) is 32.0 Å². The van der Waals surface area contributed by atoms with E-state index in [1.54, 1.807) is 18.2 Å². The number of rotatable bonds is 2. The molecule has 4 heteroatoms. The predicted octanol–water partition coefficient (Wildman–Crippen LogP) is 3.03. The van der Waals surface area contributed by atoms with E-state index >= 15 is 0 Å². The van der Waals surface area contributed by atoms with Gasteiger partial charge in [0.25, 0.3) is 0 Å². The van der Waals surface area contributed by atoms with Gasteiger partial charge in [0.2, 0.25) is 0 Å². The molecule has 1 aliphatic rings. The van der Waals surface area contributed by atoms with Crippen LogP contribution in [0.25, 0.3) is 0 Å². The molecule has 2 aromatic rings. The van der Waals surface area contributed by atoms with Gasteiger partial charge in [-0.15, -0.1) is 0 Å². The maximum Gasteiger partial charge on any atom is 0.181 e. The number of halogens is 1. The Labute approximate surface area is 124 Å². The molecule has 0 fully saturated rings. The zero-order valence-corrected chi connectivity index (χ0v) is 12.6. The summed E-state index contributed by atoms with van der Waals surface area (Å²) in [5.74, 6) is -0.168.